The van der Waals surface area contributed by atoms with Crippen molar-refractivity contribution < 1.29 is 22.7 Å². The minimum Gasteiger partial charge on any atom is -0.495 e. The molecule has 1 aliphatic rings. The fraction of sp³-hybridized carbons (Fsp3) is 0.316. The van der Waals surface area contributed by atoms with Crippen molar-refractivity contribution >= 4 is 27.6 Å². The van der Waals surface area contributed by atoms with E-state index in [4.69, 9.17) is 21.1 Å². The Bertz CT molecular complexity index is 939. The van der Waals surface area contributed by atoms with Gasteiger partial charge in [-0.2, -0.15) is 0 Å². The largest absolute Gasteiger partial charge is 0.495 e. The fourth-order valence-corrected chi connectivity index (χ4v) is 4.72. The van der Waals surface area contributed by atoms with Crippen LogP contribution in [0.5, 0.6) is 11.5 Å². The number of ether oxygens (including phenoxy) is 2. The van der Waals surface area contributed by atoms with Gasteiger partial charge in [0.05, 0.1) is 12.7 Å². The zero-order valence-electron chi connectivity index (χ0n) is 14.8. The van der Waals surface area contributed by atoms with Crippen LogP contribution in [0.4, 0.5) is 0 Å². The molecule has 6 nitrogen and oxygen atoms in total. The van der Waals surface area contributed by atoms with Gasteiger partial charge in [0.25, 0.3) is 0 Å². The van der Waals surface area contributed by atoms with Crippen LogP contribution >= 0.6 is 11.6 Å². The molecule has 0 radical (unpaired) electrons. The normalized spacial score (nSPS) is 14.9. The summed E-state index contributed by atoms with van der Waals surface area (Å²) in [7, 11) is -2.44. The zero-order valence-corrected chi connectivity index (χ0v) is 16.3. The summed E-state index contributed by atoms with van der Waals surface area (Å²) < 4.78 is 38.7. The van der Waals surface area contributed by atoms with Gasteiger partial charge in [-0.1, -0.05) is 30.5 Å². The maximum Gasteiger partial charge on any atom is 0.343 e. The van der Waals surface area contributed by atoms with Crippen molar-refractivity contribution in [1.82, 2.24) is 4.72 Å². The maximum absolute atomic E-state index is 12.8. The first-order valence-electron chi connectivity index (χ1n) is 8.57. The highest BCUT2D eigenvalue weighted by atomic mass is 35.5. The second-order valence-electron chi connectivity index (χ2n) is 6.32. The van der Waals surface area contributed by atoms with E-state index in [0.29, 0.717) is 5.02 Å². The highest BCUT2D eigenvalue weighted by Gasteiger charge is 2.27. The molecule has 0 heterocycles. The Hall–Kier alpha value is -2.09. The average Bonchev–Trinajstić information content (AvgIpc) is 3.13. The van der Waals surface area contributed by atoms with Crippen molar-refractivity contribution in [3.05, 3.63) is 53.1 Å². The lowest BCUT2D eigenvalue weighted by atomic mass is 10.2. The Balaban J connectivity index is 1.87. The highest BCUT2D eigenvalue weighted by Crippen LogP contribution is 2.28. The van der Waals surface area contributed by atoms with Gasteiger partial charge in [0.15, 0.2) is 0 Å². The van der Waals surface area contributed by atoms with Gasteiger partial charge in [-0.05, 0) is 49.2 Å². The highest BCUT2D eigenvalue weighted by molar-refractivity contribution is 7.89. The summed E-state index contributed by atoms with van der Waals surface area (Å²) in [5, 5.41) is 0.430. The molecule has 1 fully saturated rings. The van der Waals surface area contributed by atoms with Crippen LogP contribution in [0.2, 0.25) is 5.02 Å². The summed E-state index contributed by atoms with van der Waals surface area (Å²) in [4.78, 5) is 12.3. The van der Waals surface area contributed by atoms with Crippen LogP contribution in [0.1, 0.15) is 36.0 Å². The first kappa shape index (κ1) is 19.7. The van der Waals surface area contributed by atoms with E-state index < -0.39 is 16.0 Å². The third-order valence-electron chi connectivity index (χ3n) is 4.37. The zero-order chi connectivity index (χ0) is 19.4. The van der Waals surface area contributed by atoms with Crippen LogP contribution in [0, 0.1) is 0 Å². The van der Waals surface area contributed by atoms with Gasteiger partial charge >= 0.3 is 5.97 Å². The summed E-state index contributed by atoms with van der Waals surface area (Å²) in [5.41, 5.74) is 0.0996. The Kier molecular flexibility index (Phi) is 6.04. The van der Waals surface area contributed by atoms with Gasteiger partial charge in [0.2, 0.25) is 10.0 Å². The summed E-state index contributed by atoms with van der Waals surface area (Å²) in [6.07, 6.45) is 3.60. The van der Waals surface area contributed by atoms with E-state index in [1.54, 1.807) is 18.2 Å². The van der Waals surface area contributed by atoms with Crippen molar-refractivity contribution in [2.45, 2.75) is 36.6 Å². The maximum atomic E-state index is 12.8. The monoisotopic (exact) mass is 409 g/mol. The molecule has 27 heavy (non-hydrogen) atoms. The van der Waals surface area contributed by atoms with Crippen LogP contribution in [0.15, 0.2) is 47.4 Å². The molecule has 0 aromatic heterocycles. The lowest BCUT2D eigenvalue weighted by Gasteiger charge is -2.15. The summed E-state index contributed by atoms with van der Waals surface area (Å²) in [6.45, 7) is 0. The molecule has 8 heteroatoms. The summed E-state index contributed by atoms with van der Waals surface area (Å²) in [5.74, 6) is -0.242. The van der Waals surface area contributed by atoms with Gasteiger partial charge < -0.3 is 9.47 Å². The predicted molar refractivity (Wildman–Crippen MR) is 102 cm³/mol. The lowest BCUT2D eigenvalue weighted by Crippen LogP contribution is -2.33. The van der Waals surface area contributed by atoms with E-state index in [9.17, 15) is 13.2 Å². The smallest absolute Gasteiger partial charge is 0.343 e. The molecular formula is C19H20ClNO5S. The number of rotatable bonds is 6. The second kappa shape index (κ2) is 8.29. The SMILES string of the molecule is COc1ccc(C(=O)Oc2cccc(Cl)c2)cc1S(=O)(=O)NC1CCCC1. The Labute approximate surface area is 163 Å². The molecule has 1 saturated carbocycles. The number of methoxy groups -OCH3 is 1. The predicted octanol–water partition coefficient (Wildman–Crippen LogP) is 3.79. The van der Waals surface area contributed by atoms with Gasteiger partial charge in [-0.3, -0.25) is 0 Å². The molecule has 2 aromatic carbocycles. The van der Waals surface area contributed by atoms with Crippen LogP contribution < -0.4 is 14.2 Å². The van der Waals surface area contributed by atoms with Crippen molar-refractivity contribution in [3.8, 4) is 11.5 Å². The van der Waals surface area contributed by atoms with E-state index in [1.807, 2.05) is 0 Å². The van der Waals surface area contributed by atoms with Crippen LogP contribution in [-0.4, -0.2) is 27.5 Å². The number of hydrogen-bond acceptors (Lipinski definition) is 5. The molecule has 1 aliphatic carbocycles. The fourth-order valence-electron chi connectivity index (χ4n) is 3.04. The molecule has 2 aromatic rings. The number of esters is 1. The molecule has 1 N–H and O–H groups in total. The molecule has 0 unspecified atom stereocenters. The number of carbonyl (C=O) groups excluding carboxylic acids is 1. The number of hydrogen-bond donors (Lipinski definition) is 1. The molecule has 0 bridgehead atoms. The molecule has 144 valence electrons. The van der Waals surface area contributed by atoms with Gasteiger partial charge in [-0.25, -0.2) is 17.9 Å². The van der Waals surface area contributed by atoms with Crippen molar-refractivity contribution in [3.63, 3.8) is 0 Å². The number of carbonyl (C=O) groups is 1. The number of sulfonamides is 1. The Morgan fingerprint density at radius 2 is 1.89 bits per heavy atom. The molecule has 0 amide bonds. The van der Waals surface area contributed by atoms with Crippen LogP contribution in [0.3, 0.4) is 0 Å². The topological polar surface area (TPSA) is 81.7 Å². The van der Waals surface area contributed by atoms with Gasteiger partial charge in [0.1, 0.15) is 16.4 Å². The molecule has 0 saturated heterocycles. The lowest BCUT2D eigenvalue weighted by molar-refractivity contribution is 0.0734. The summed E-state index contributed by atoms with van der Waals surface area (Å²) >= 11 is 5.88. The quantitative estimate of drug-likeness (QED) is 0.579. The third-order valence-corrected chi connectivity index (χ3v) is 6.15. The number of benzene rings is 2. The minimum absolute atomic E-state index is 0.0857. The Morgan fingerprint density at radius 3 is 2.56 bits per heavy atom. The standard InChI is InChI=1S/C19H20ClNO5S/c1-25-17-10-9-13(19(22)26-16-8-4-5-14(20)12-16)11-18(17)27(23,24)21-15-6-2-3-7-15/h4-5,8-12,15,21H,2-3,6-7H2,1H3. The van der Waals surface area contributed by atoms with Crippen molar-refractivity contribution in [2.24, 2.45) is 0 Å². The number of nitrogens with one attached hydrogen (secondary N) is 1. The number of halogens is 1. The van der Waals surface area contributed by atoms with Gasteiger partial charge in [-0.15, -0.1) is 0 Å². The minimum atomic E-state index is -3.83. The van der Waals surface area contributed by atoms with Gasteiger partial charge in [0, 0.05) is 11.1 Å². The second-order valence-corrected chi connectivity index (χ2v) is 8.43. The molecule has 3 rings (SSSR count). The first-order chi connectivity index (χ1) is 12.9. The Morgan fingerprint density at radius 1 is 1.15 bits per heavy atom. The summed E-state index contributed by atoms with van der Waals surface area (Å²) in [6, 6.07) is 10.5. The molecular weight excluding hydrogens is 390 g/mol. The average molecular weight is 410 g/mol. The van der Waals surface area contributed by atoms with E-state index >= 15 is 0 Å². The van der Waals surface area contributed by atoms with Crippen molar-refractivity contribution in [2.75, 3.05) is 7.11 Å². The van der Waals surface area contributed by atoms with E-state index in [1.165, 1.54) is 31.4 Å². The third kappa shape index (κ3) is 4.80. The van der Waals surface area contributed by atoms with Crippen LogP contribution in [0.25, 0.3) is 0 Å². The van der Waals surface area contributed by atoms with E-state index in [2.05, 4.69) is 4.72 Å². The molecule has 0 aliphatic heterocycles. The van der Waals surface area contributed by atoms with Crippen LogP contribution in [-0.2, 0) is 10.0 Å². The molecule has 0 atom stereocenters. The van der Waals surface area contributed by atoms with E-state index in [0.717, 1.165) is 25.7 Å². The van der Waals surface area contributed by atoms with E-state index in [-0.39, 0.29) is 28.0 Å². The van der Waals surface area contributed by atoms with Crippen molar-refractivity contribution in [1.29, 1.82) is 0 Å². The molecule has 0 spiro atoms. The first-order valence-corrected chi connectivity index (χ1v) is 10.4.